The van der Waals surface area contributed by atoms with Crippen LogP contribution in [0.1, 0.15) is 0 Å². The molecule has 0 amide bonds. The van der Waals surface area contributed by atoms with Crippen LogP contribution in [0.15, 0.2) is 63.7 Å². The van der Waals surface area contributed by atoms with Crippen molar-refractivity contribution in [2.75, 3.05) is 5.73 Å². The van der Waals surface area contributed by atoms with Gasteiger partial charge in [0, 0.05) is 23.2 Å². The monoisotopic (exact) mass is 411 g/mol. The largest absolute Gasteiger partial charge is 1.00 e. The molecule has 12 heteroatoms. The predicted molar refractivity (Wildman–Crippen MR) is 97.1 cm³/mol. The van der Waals surface area contributed by atoms with Crippen LogP contribution in [-0.2, 0) is 10.1 Å². The summed E-state index contributed by atoms with van der Waals surface area (Å²) in [5.74, 6) is -0.509. The smallest absolute Gasteiger partial charge is 0.505 e. The molecule has 138 valence electrons. The van der Waals surface area contributed by atoms with E-state index in [4.69, 9.17) is 5.73 Å². The fourth-order valence-corrected chi connectivity index (χ4v) is 3.07. The van der Waals surface area contributed by atoms with Crippen LogP contribution in [0.4, 0.5) is 22.7 Å². The topological polar surface area (TPSA) is 168 Å². The van der Waals surface area contributed by atoms with E-state index in [1.807, 2.05) is 0 Å². The average molecular weight is 411 g/mol. The maximum atomic E-state index is 11.7. The van der Waals surface area contributed by atoms with E-state index < -0.39 is 31.4 Å². The van der Waals surface area contributed by atoms with Crippen molar-refractivity contribution in [3.05, 3.63) is 58.6 Å². The third kappa shape index (κ3) is 4.46. The van der Waals surface area contributed by atoms with Gasteiger partial charge in [0.05, 0.1) is 10.6 Å². The zero-order valence-electron chi connectivity index (χ0n) is 14.5. The number of aromatic hydroxyl groups is 1. The van der Waals surface area contributed by atoms with Gasteiger partial charge in [-0.15, -0.1) is 5.11 Å². The number of nitrogen functional groups attached to an aromatic ring is 1. The number of hydrogen-bond acceptors (Lipinski definition) is 8. The molecule has 0 aliphatic carbocycles. The van der Waals surface area contributed by atoms with Crippen LogP contribution in [0.2, 0.25) is 0 Å². The minimum Gasteiger partial charge on any atom is -0.505 e. The number of phenols is 1. The van der Waals surface area contributed by atoms with Gasteiger partial charge in [-0.1, -0.05) is 0 Å². The van der Waals surface area contributed by atoms with E-state index in [1.54, 1.807) is 0 Å². The molecule has 3 aromatic rings. The Morgan fingerprint density at radius 2 is 1.68 bits per heavy atom. The van der Waals surface area contributed by atoms with Gasteiger partial charge in [0.15, 0.2) is 5.75 Å². The van der Waals surface area contributed by atoms with Crippen LogP contribution in [-0.4, -0.2) is 23.0 Å². The molecule has 3 rings (SSSR count). The Labute approximate surface area is 180 Å². The van der Waals surface area contributed by atoms with Gasteiger partial charge in [0.25, 0.3) is 15.8 Å². The molecule has 0 bridgehead atoms. The Kier molecular flexibility index (Phi) is 6.37. The Morgan fingerprint density at radius 1 is 1.04 bits per heavy atom. The van der Waals surface area contributed by atoms with Gasteiger partial charge >= 0.3 is 29.6 Å². The normalized spacial score (nSPS) is 11.5. The number of hydrogen-bond donors (Lipinski definition) is 3. The number of rotatable bonds is 4. The SMILES string of the molecule is Nc1ccc2c(O)c(N=Nc3ccc([N+](=O)[O-])cc3)c(S(=O)(=O)O)cc2c1.[Na+]. The van der Waals surface area contributed by atoms with Gasteiger partial charge in [-0.25, -0.2) is 0 Å². The van der Waals surface area contributed by atoms with Crippen LogP contribution in [0.5, 0.6) is 5.75 Å². The summed E-state index contributed by atoms with van der Waals surface area (Å²) in [5.41, 5.74) is 5.55. The van der Waals surface area contributed by atoms with Crippen molar-refractivity contribution in [2.45, 2.75) is 4.90 Å². The van der Waals surface area contributed by atoms with Crippen molar-refractivity contribution in [3.63, 3.8) is 0 Å². The summed E-state index contributed by atoms with van der Waals surface area (Å²) in [4.78, 5) is 9.42. The summed E-state index contributed by atoms with van der Waals surface area (Å²) in [6.07, 6.45) is 0. The van der Waals surface area contributed by atoms with E-state index in [1.165, 1.54) is 42.5 Å². The van der Waals surface area contributed by atoms with Crippen molar-refractivity contribution in [1.29, 1.82) is 0 Å². The molecule has 0 aliphatic rings. The summed E-state index contributed by atoms with van der Waals surface area (Å²) in [6, 6.07) is 10.5. The molecule has 0 atom stereocenters. The Hall–Kier alpha value is -2.57. The summed E-state index contributed by atoms with van der Waals surface area (Å²) < 4.78 is 32.9. The standard InChI is InChI=1S/C16H12N4O6S.Na/c17-10-1-6-13-9(7-10)8-14(27(24,25)26)15(16(13)21)19-18-11-2-4-12(5-3-11)20(22)23;/h1-8,21H,17H2,(H,24,25,26);/q;+1. The number of nitrogens with two attached hydrogens (primary N) is 1. The van der Waals surface area contributed by atoms with Gasteiger partial charge < -0.3 is 10.8 Å². The number of nitro benzene ring substituents is 1. The molecule has 0 spiro atoms. The van der Waals surface area contributed by atoms with Gasteiger partial charge in [-0.2, -0.15) is 13.5 Å². The second-order valence-electron chi connectivity index (χ2n) is 5.50. The van der Waals surface area contributed by atoms with Crippen LogP contribution >= 0.6 is 0 Å². The second-order valence-corrected chi connectivity index (χ2v) is 6.89. The van der Waals surface area contributed by atoms with Gasteiger partial charge in [0.2, 0.25) is 0 Å². The zero-order chi connectivity index (χ0) is 19.8. The third-order valence-corrected chi connectivity index (χ3v) is 4.55. The maximum absolute atomic E-state index is 11.7. The number of azo groups is 1. The molecule has 0 aromatic heterocycles. The van der Waals surface area contributed by atoms with E-state index in [2.05, 4.69) is 10.2 Å². The second kappa shape index (κ2) is 8.20. The molecular formula is C16H12N4NaO6S+. The molecule has 4 N–H and O–H groups in total. The molecule has 0 radical (unpaired) electrons. The minimum absolute atomic E-state index is 0. The number of non-ortho nitro benzene ring substituents is 1. The molecule has 3 aromatic carbocycles. The first-order chi connectivity index (χ1) is 12.7. The van der Waals surface area contributed by atoms with Crippen LogP contribution in [0.3, 0.4) is 0 Å². The number of fused-ring (bicyclic) bond motifs is 1. The quantitative estimate of drug-likeness (QED) is 0.142. The fourth-order valence-electron chi connectivity index (χ4n) is 2.41. The summed E-state index contributed by atoms with van der Waals surface area (Å²) >= 11 is 0. The van der Waals surface area contributed by atoms with Gasteiger partial charge in [-0.05, 0) is 41.8 Å². The van der Waals surface area contributed by atoms with E-state index in [0.717, 1.165) is 6.07 Å². The minimum atomic E-state index is -4.73. The van der Waals surface area contributed by atoms with E-state index >= 15 is 0 Å². The summed E-state index contributed by atoms with van der Waals surface area (Å²) in [6.45, 7) is 0. The molecule has 0 heterocycles. The molecule has 0 saturated heterocycles. The van der Waals surface area contributed by atoms with Crippen molar-refractivity contribution in [3.8, 4) is 5.75 Å². The van der Waals surface area contributed by atoms with Gasteiger partial charge in [0.1, 0.15) is 10.6 Å². The number of anilines is 1. The summed E-state index contributed by atoms with van der Waals surface area (Å²) in [5, 5.41) is 29.1. The van der Waals surface area contributed by atoms with E-state index in [0.29, 0.717) is 5.69 Å². The molecule has 0 fully saturated rings. The van der Waals surface area contributed by atoms with Crippen molar-refractivity contribution >= 4 is 43.6 Å². The molecule has 0 aliphatic heterocycles. The van der Waals surface area contributed by atoms with Crippen molar-refractivity contribution in [1.82, 2.24) is 0 Å². The van der Waals surface area contributed by atoms with Gasteiger partial charge in [-0.3, -0.25) is 14.7 Å². The first-order valence-corrected chi connectivity index (χ1v) is 8.80. The van der Waals surface area contributed by atoms with E-state index in [9.17, 15) is 28.2 Å². The first kappa shape index (κ1) is 21.7. The molecule has 0 saturated carbocycles. The number of phenolic OH excluding ortho intramolecular Hbond substituents is 1. The number of nitrogens with zero attached hydrogens (tertiary/aromatic N) is 3. The zero-order valence-corrected chi connectivity index (χ0v) is 17.3. The number of nitro groups is 1. The van der Waals surface area contributed by atoms with Crippen molar-refractivity contribution < 1.29 is 52.6 Å². The Bertz CT molecular complexity index is 1200. The predicted octanol–water partition coefficient (Wildman–Crippen LogP) is 0.702. The number of benzene rings is 3. The molecule has 10 nitrogen and oxygen atoms in total. The van der Waals surface area contributed by atoms with Crippen LogP contribution in [0, 0.1) is 10.1 Å². The Balaban J connectivity index is 0.00000280. The first-order valence-electron chi connectivity index (χ1n) is 7.36. The van der Waals surface area contributed by atoms with Crippen LogP contribution in [0.25, 0.3) is 10.8 Å². The van der Waals surface area contributed by atoms with Crippen molar-refractivity contribution in [2.24, 2.45) is 10.2 Å². The molecular weight excluding hydrogens is 399 g/mol. The molecule has 0 unspecified atom stereocenters. The Morgan fingerprint density at radius 3 is 2.25 bits per heavy atom. The molecule has 28 heavy (non-hydrogen) atoms. The third-order valence-electron chi connectivity index (χ3n) is 3.68. The summed E-state index contributed by atoms with van der Waals surface area (Å²) in [7, 11) is -4.73. The average Bonchev–Trinajstić information content (AvgIpc) is 2.60. The van der Waals surface area contributed by atoms with E-state index in [-0.39, 0.29) is 51.7 Å². The fraction of sp³-hybridized carbons (Fsp3) is 0. The van der Waals surface area contributed by atoms with Crippen LogP contribution < -0.4 is 35.3 Å². The maximum Gasteiger partial charge on any atom is 1.00 e.